The average Bonchev–Trinajstić information content (AvgIpc) is 2.96. The highest BCUT2D eigenvalue weighted by atomic mass is 35.5. The second-order valence-electron chi connectivity index (χ2n) is 5.69. The first-order chi connectivity index (χ1) is 10.2. The lowest BCUT2D eigenvalue weighted by molar-refractivity contribution is 0.516. The van der Waals surface area contributed by atoms with Crippen LogP contribution in [0.3, 0.4) is 0 Å². The summed E-state index contributed by atoms with van der Waals surface area (Å²) < 4.78 is 0. The maximum Gasteiger partial charge on any atom is 0.142 e. The minimum absolute atomic E-state index is 0.398. The van der Waals surface area contributed by atoms with Gasteiger partial charge in [0.15, 0.2) is 0 Å². The van der Waals surface area contributed by atoms with Crippen molar-refractivity contribution in [3.63, 3.8) is 0 Å². The third-order valence-electron chi connectivity index (χ3n) is 4.38. The number of halogens is 2. The van der Waals surface area contributed by atoms with Gasteiger partial charge in [-0.15, -0.1) is 0 Å². The lowest BCUT2D eigenvalue weighted by Crippen LogP contribution is -2.03. The first-order valence-electron chi connectivity index (χ1n) is 7.47. The predicted molar refractivity (Wildman–Crippen MR) is 87.9 cm³/mol. The number of hydrogen-bond donors (Lipinski definition) is 0. The molecule has 0 radical (unpaired) electrons. The summed E-state index contributed by atoms with van der Waals surface area (Å²) >= 11 is 12.8. The van der Waals surface area contributed by atoms with Gasteiger partial charge in [-0.3, -0.25) is 0 Å². The molecule has 1 aliphatic rings. The van der Waals surface area contributed by atoms with Crippen molar-refractivity contribution in [2.45, 2.75) is 38.5 Å². The molecule has 0 aliphatic heterocycles. The molecule has 0 amide bonds. The fourth-order valence-electron chi connectivity index (χ4n) is 3.13. The third kappa shape index (κ3) is 3.07. The molecule has 0 bridgehead atoms. The summed E-state index contributed by atoms with van der Waals surface area (Å²) in [7, 11) is 0. The Morgan fingerprint density at radius 1 is 1.05 bits per heavy atom. The van der Waals surface area contributed by atoms with Gasteiger partial charge in [0.05, 0.1) is 5.56 Å². The van der Waals surface area contributed by atoms with E-state index in [0.717, 1.165) is 35.7 Å². The standard InChI is InChI=1S/C17H18Cl2N2/c1-2-11-8-9-13(10-11)17-20-15(18)14(16(19)21-17)12-6-4-3-5-7-12/h3-7,11,13H,2,8-10H2,1H3. The van der Waals surface area contributed by atoms with E-state index < -0.39 is 0 Å². The normalized spacial score (nSPS) is 21.7. The van der Waals surface area contributed by atoms with E-state index in [1.807, 2.05) is 30.3 Å². The zero-order chi connectivity index (χ0) is 14.8. The van der Waals surface area contributed by atoms with Crippen LogP contribution in [0.5, 0.6) is 0 Å². The van der Waals surface area contributed by atoms with Crippen molar-refractivity contribution < 1.29 is 0 Å². The Hall–Kier alpha value is -1.12. The van der Waals surface area contributed by atoms with Crippen molar-refractivity contribution in [1.82, 2.24) is 9.97 Å². The second-order valence-corrected chi connectivity index (χ2v) is 6.40. The summed E-state index contributed by atoms with van der Waals surface area (Å²) in [5, 5.41) is 0.910. The Bertz CT molecular complexity index is 605. The van der Waals surface area contributed by atoms with Gasteiger partial charge in [-0.1, -0.05) is 66.9 Å². The van der Waals surface area contributed by atoms with E-state index >= 15 is 0 Å². The van der Waals surface area contributed by atoms with Crippen LogP contribution in [0.2, 0.25) is 10.3 Å². The fourth-order valence-corrected chi connectivity index (χ4v) is 3.75. The molecule has 2 atom stereocenters. The molecule has 0 spiro atoms. The Balaban J connectivity index is 1.94. The molecule has 1 fully saturated rings. The van der Waals surface area contributed by atoms with Crippen LogP contribution in [-0.4, -0.2) is 9.97 Å². The summed E-state index contributed by atoms with van der Waals surface area (Å²) in [6.45, 7) is 2.24. The molecule has 1 aliphatic carbocycles. The molecule has 1 saturated carbocycles. The summed E-state index contributed by atoms with van der Waals surface area (Å²) in [6, 6.07) is 9.82. The molecule has 4 heteroatoms. The van der Waals surface area contributed by atoms with Crippen LogP contribution in [0.15, 0.2) is 30.3 Å². The lowest BCUT2D eigenvalue weighted by atomic mass is 10.0. The summed E-state index contributed by atoms with van der Waals surface area (Å²) in [5.74, 6) is 1.99. The van der Waals surface area contributed by atoms with Crippen LogP contribution in [0.1, 0.15) is 44.3 Å². The average molecular weight is 321 g/mol. The van der Waals surface area contributed by atoms with Gasteiger partial charge in [0.1, 0.15) is 16.1 Å². The Kier molecular flexibility index (Phi) is 4.46. The molecule has 1 aromatic heterocycles. The first kappa shape index (κ1) is 14.8. The monoisotopic (exact) mass is 320 g/mol. The fraction of sp³-hybridized carbons (Fsp3) is 0.412. The molecular weight excluding hydrogens is 303 g/mol. The maximum atomic E-state index is 6.38. The number of aromatic nitrogens is 2. The number of benzene rings is 1. The van der Waals surface area contributed by atoms with Crippen molar-refractivity contribution in [3.05, 3.63) is 46.5 Å². The summed E-state index contributed by atoms with van der Waals surface area (Å²) in [6.07, 6.45) is 4.75. The SMILES string of the molecule is CCC1CCC(c2nc(Cl)c(-c3ccccc3)c(Cl)n2)C1. The van der Waals surface area contributed by atoms with Gasteiger partial charge >= 0.3 is 0 Å². The van der Waals surface area contributed by atoms with E-state index in [1.165, 1.54) is 12.8 Å². The van der Waals surface area contributed by atoms with Gasteiger partial charge in [-0.25, -0.2) is 9.97 Å². The number of rotatable bonds is 3. The molecule has 110 valence electrons. The molecule has 1 aromatic carbocycles. The number of nitrogens with zero attached hydrogens (tertiary/aromatic N) is 2. The van der Waals surface area contributed by atoms with Crippen molar-refractivity contribution in [3.8, 4) is 11.1 Å². The lowest BCUT2D eigenvalue weighted by Gasteiger charge is -2.12. The van der Waals surface area contributed by atoms with Crippen LogP contribution in [-0.2, 0) is 0 Å². The van der Waals surface area contributed by atoms with Gasteiger partial charge in [0, 0.05) is 5.92 Å². The van der Waals surface area contributed by atoms with Crippen molar-refractivity contribution in [1.29, 1.82) is 0 Å². The van der Waals surface area contributed by atoms with E-state index in [9.17, 15) is 0 Å². The molecular formula is C17H18Cl2N2. The quantitative estimate of drug-likeness (QED) is 0.673. The van der Waals surface area contributed by atoms with Crippen molar-refractivity contribution in [2.24, 2.45) is 5.92 Å². The van der Waals surface area contributed by atoms with Crippen molar-refractivity contribution in [2.75, 3.05) is 0 Å². The molecule has 3 rings (SSSR count). The van der Waals surface area contributed by atoms with Gasteiger partial charge in [0.25, 0.3) is 0 Å². The Morgan fingerprint density at radius 3 is 2.29 bits per heavy atom. The summed E-state index contributed by atoms with van der Waals surface area (Å²) in [4.78, 5) is 9.06. The zero-order valence-corrected chi connectivity index (χ0v) is 13.5. The van der Waals surface area contributed by atoms with Gasteiger partial charge in [0.2, 0.25) is 0 Å². The highest BCUT2D eigenvalue weighted by Crippen LogP contribution is 2.40. The van der Waals surface area contributed by atoms with Crippen LogP contribution in [0.4, 0.5) is 0 Å². The van der Waals surface area contributed by atoms with Gasteiger partial charge < -0.3 is 0 Å². The molecule has 21 heavy (non-hydrogen) atoms. The minimum Gasteiger partial charge on any atom is -0.220 e. The van der Waals surface area contributed by atoms with E-state index in [0.29, 0.717) is 16.2 Å². The van der Waals surface area contributed by atoms with Gasteiger partial charge in [-0.2, -0.15) is 0 Å². The summed E-state index contributed by atoms with van der Waals surface area (Å²) in [5.41, 5.74) is 1.68. The highest BCUT2D eigenvalue weighted by Gasteiger charge is 2.28. The first-order valence-corrected chi connectivity index (χ1v) is 8.23. The highest BCUT2D eigenvalue weighted by molar-refractivity contribution is 6.37. The zero-order valence-electron chi connectivity index (χ0n) is 12.0. The Morgan fingerprint density at radius 2 is 1.71 bits per heavy atom. The third-order valence-corrected chi connectivity index (χ3v) is 4.93. The largest absolute Gasteiger partial charge is 0.220 e. The molecule has 0 saturated heterocycles. The van der Waals surface area contributed by atoms with Gasteiger partial charge in [-0.05, 0) is 30.7 Å². The van der Waals surface area contributed by atoms with Crippen LogP contribution in [0.25, 0.3) is 11.1 Å². The smallest absolute Gasteiger partial charge is 0.142 e. The van der Waals surface area contributed by atoms with Crippen LogP contribution >= 0.6 is 23.2 Å². The molecule has 2 nitrogen and oxygen atoms in total. The molecule has 0 N–H and O–H groups in total. The number of hydrogen-bond acceptors (Lipinski definition) is 2. The van der Waals surface area contributed by atoms with E-state index in [-0.39, 0.29) is 0 Å². The van der Waals surface area contributed by atoms with Crippen LogP contribution < -0.4 is 0 Å². The second kappa shape index (κ2) is 6.33. The topological polar surface area (TPSA) is 25.8 Å². The minimum atomic E-state index is 0.398. The van der Waals surface area contributed by atoms with E-state index in [1.54, 1.807) is 0 Å². The van der Waals surface area contributed by atoms with E-state index in [2.05, 4.69) is 16.9 Å². The van der Waals surface area contributed by atoms with E-state index in [4.69, 9.17) is 23.2 Å². The molecule has 1 heterocycles. The Labute approximate surface area is 135 Å². The predicted octanol–water partition coefficient (Wildman–Crippen LogP) is 5.74. The molecule has 2 unspecified atom stereocenters. The van der Waals surface area contributed by atoms with Crippen molar-refractivity contribution >= 4 is 23.2 Å². The maximum absolute atomic E-state index is 6.38. The van der Waals surface area contributed by atoms with Crippen LogP contribution in [0, 0.1) is 5.92 Å². The molecule has 2 aromatic rings.